The first-order valence-electron chi connectivity index (χ1n) is 4.32. The smallest absolute Gasteiger partial charge is 0.142 e. The Bertz CT molecular complexity index is 326. The molecule has 0 saturated heterocycles. The molecule has 78 valence electrons. The number of nitrogens with two attached hydrogens (primary N) is 1. The predicted molar refractivity (Wildman–Crippen MR) is 55.5 cm³/mol. The van der Waals surface area contributed by atoms with Gasteiger partial charge < -0.3 is 5.73 Å². The van der Waals surface area contributed by atoms with E-state index in [1.165, 1.54) is 12.1 Å². The lowest BCUT2D eigenvalue weighted by molar-refractivity contribution is 0.525. The number of hydrogen-bond donors (Lipinski definition) is 1. The summed E-state index contributed by atoms with van der Waals surface area (Å²) >= 11 is 1.07. The molecule has 0 bridgehead atoms. The third kappa shape index (κ3) is 2.45. The van der Waals surface area contributed by atoms with Crippen molar-refractivity contribution in [3.05, 3.63) is 29.3 Å². The summed E-state index contributed by atoms with van der Waals surface area (Å²) in [5, 5.41) is 0. The van der Waals surface area contributed by atoms with Crippen molar-refractivity contribution < 1.29 is 8.78 Å². The Morgan fingerprint density at radius 1 is 1.43 bits per heavy atom. The molecule has 1 rings (SSSR count). The fourth-order valence-electron chi connectivity index (χ4n) is 1.26. The molecule has 1 aromatic carbocycles. The van der Waals surface area contributed by atoms with Crippen LogP contribution >= 0.6 is 11.8 Å². The number of rotatable bonds is 3. The highest BCUT2D eigenvalue weighted by atomic mass is 32.2. The van der Waals surface area contributed by atoms with Crippen molar-refractivity contribution in [2.24, 2.45) is 5.73 Å². The van der Waals surface area contributed by atoms with Gasteiger partial charge in [0.25, 0.3) is 0 Å². The molecular formula is C10H13F2NS. The van der Waals surface area contributed by atoms with Gasteiger partial charge in [-0.05, 0) is 31.2 Å². The Hall–Kier alpha value is -0.610. The quantitative estimate of drug-likeness (QED) is 0.787. The van der Waals surface area contributed by atoms with Crippen LogP contribution in [0.2, 0.25) is 0 Å². The number of benzene rings is 1. The highest BCUT2D eigenvalue weighted by molar-refractivity contribution is 7.98. The van der Waals surface area contributed by atoms with Gasteiger partial charge in [0.2, 0.25) is 0 Å². The second kappa shape index (κ2) is 4.75. The van der Waals surface area contributed by atoms with Gasteiger partial charge in [0.05, 0.1) is 4.90 Å². The van der Waals surface area contributed by atoms with E-state index >= 15 is 0 Å². The highest BCUT2D eigenvalue weighted by Crippen LogP contribution is 2.25. The summed E-state index contributed by atoms with van der Waals surface area (Å²) in [5.74, 6) is -0.988. The zero-order valence-electron chi connectivity index (χ0n) is 8.18. The molecule has 0 heterocycles. The maximum atomic E-state index is 13.6. The van der Waals surface area contributed by atoms with E-state index in [0.29, 0.717) is 12.0 Å². The number of hydrogen-bond acceptors (Lipinski definition) is 2. The lowest BCUT2D eigenvalue weighted by Gasteiger charge is -2.09. The van der Waals surface area contributed by atoms with Crippen LogP contribution < -0.4 is 5.73 Å². The fraction of sp³-hybridized carbons (Fsp3) is 0.400. The Morgan fingerprint density at radius 2 is 2.07 bits per heavy atom. The Morgan fingerprint density at radius 3 is 2.57 bits per heavy atom. The third-order valence-electron chi connectivity index (χ3n) is 1.88. The molecule has 0 saturated carbocycles. The molecule has 0 fully saturated rings. The third-order valence-corrected chi connectivity index (χ3v) is 2.66. The van der Waals surface area contributed by atoms with Crippen molar-refractivity contribution in [2.45, 2.75) is 24.3 Å². The van der Waals surface area contributed by atoms with Crippen LogP contribution in [0.4, 0.5) is 8.78 Å². The van der Waals surface area contributed by atoms with Gasteiger partial charge in [-0.25, -0.2) is 8.78 Å². The number of halogens is 2. The summed E-state index contributed by atoms with van der Waals surface area (Å²) in [7, 11) is 0. The molecule has 0 aromatic heterocycles. The maximum absolute atomic E-state index is 13.6. The highest BCUT2D eigenvalue weighted by Gasteiger charge is 2.13. The van der Waals surface area contributed by atoms with Crippen LogP contribution in [0.3, 0.4) is 0 Å². The van der Waals surface area contributed by atoms with Crippen LogP contribution in [-0.2, 0) is 6.42 Å². The van der Waals surface area contributed by atoms with Gasteiger partial charge in [-0.2, -0.15) is 0 Å². The van der Waals surface area contributed by atoms with Crippen LogP contribution in [0.1, 0.15) is 12.5 Å². The minimum Gasteiger partial charge on any atom is -0.328 e. The molecule has 0 spiro atoms. The summed E-state index contributed by atoms with van der Waals surface area (Å²) in [6.45, 7) is 1.79. The van der Waals surface area contributed by atoms with Crippen molar-refractivity contribution in [2.75, 3.05) is 6.26 Å². The Kier molecular flexibility index (Phi) is 3.89. The molecule has 0 aliphatic carbocycles. The van der Waals surface area contributed by atoms with Gasteiger partial charge in [-0.1, -0.05) is 6.07 Å². The molecule has 14 heavy (non-hydrogen) atoms. The SMILES string of the molecule is CSc1c(F)ccc(CC(C)N)c1F. The monoisotopic (exact) mass is 217 g/mol. The molecular weight excluding hydrogens is 204 g/mol. The molecule has 0 radical (unpaired) electrons. The zero-order chi connectivity index (χ0) is 10.7. The Balaban J connectivity index is 3.08. The van der Waals surface area contributed by atoms with E-state index in [2.05, 4.69) is 0 Å². The van der Waals surface area contributed by atoms with Crippen LogP contribution in [-0.4, -0.2) is 12.3 Å². The van der Waals surface area contributed by atoms with E-state index in [1.54, 1.807) is 13.2 Å². The van der Waals surface area contributed by atoms with Gasteiger partial charge >= 0.3 is 0 Å². The maximum Gasteiger partial charge on any atom is 0.142 e. The van der Waals surface area contributed by atoms with Crippen LogP contribution in [0.15, 0.2) is 17.0 Å². The lowest BCUT2D eigenvalue weighted by Crippen LogP contribution is -2.18. The molecule has 1 atom stereocenters. The van der Waals surface area contributed by atoms with Crippen molar-refractivity contribution >= 4 is 11.8 Å². The van der Waals surface area contributed by atoms with Crippen molar-refractivity contribution in [3.8, 4) is 0 Å². The van der Waals surface area contributed by atoms with Crippen molar-refractivity contribution in [1.29, 1.82) is 0 Å². The summed E-state index contributed by atoms with van der Waals surface area (Å²) in [5.41, 5.74) is 6.03. The molecule has 4 heteroatoms. The molecule has 0 aliphatic rings. The van der Waals surface area contributed by atoms with E-state index < -0.39 is 11.6 Å². The minimum absolute atomic E-state index is 0.0724. The largest absolute Gasteiger partial charge is 0.328 e. The molecule has 2 N–H and O–H groups in total. The lowest BCUT2D eigenvalue weighted by atomic mass is 10.1. The van der Waals surface area contributed by atoms with Crippen LogP contribution in [0.25, 0.3) is 0 Å². The van der Waals surface area contributed by atoms with E-state index in [1.807, 2.05) is 0 Å². The van der Waals surface area contributed by atoms with Crippen molar-refractivity contribution in [3.63, 3.8) is 0 Å². The predicted octanol–water partition coefficient (Wildman–Crippen LogP) is 2.58. The second-order valence-electron chi connectivity index (χ2n) is 3.24. The first-order valence-corrected chi connectivity index (χ1v) is 5.55. The molecule has 1 aromatic rings. The van der Waals surface area contributed by atoms with E-state index in [-0.39, 0.29) is 10.9 Å². The summed E-state index contributed by atoms with van der Waals surface area (Å²) in [6.07, 6.45) is 2.08. The average molecular weight is 217 g/mol. The van der Waals surface area contributed by atoms with Crippen molar-refractivity contribution in [1.82, 2.24) is 0 Å². The van der Waals surface area contributed by atoms with E-state index in [9.17, 15) is 8.78 Å². The summed E-state index contributed by atoms with van der Waals surface area (Å²) in [4.78, 5) is 0.0724. The first-order chi connectivity index (χ1) is 6.56. The Labute approximate surface area is 86.7 Å². The van der Waals surface area contributed by atoms with E-state index in [0.717, 1.165) is 11.8 Å². The topological polar surface area (TPSA) is 26.0 Å². The molecule has 1 nitrogen and oxygen atoms in total. The summed E-state index contributed by atoms with van der Waals surface area (Å²) < 4.78 is 26.7. The molecule has 1 unspecified atom stereocenters. The van der Waals surface area contributed by atoms with E-state index in [4.69, 9.17) is 5.73 Å². The van der Waals surface area contributed by atoms with Gasteiger partial charge in [-0.3, -0.25) is 0 Å². The van der Waals surface area contributed by atoms with Crippen LogP contribution in [0.5, 0.6) is 0 Å². The van der Waals surface area contributed by atoms with Crippen LogP contribution in [0, 0.1) is 11.6 Å². The standard InChI is InChI=1S/C10H13F2NS/c1-6(13)5-7-3-4-8(11)10(14-2)9(7)12/h3-4,6H,5,13H2,1-2H3. The molecule has 0 aliphatic heterocycles. The average Bonchev–Trinajstić information content (AvgIpc) is 2.10. The zero-order valence-corrected chi connectivity index (χ0v) is 9.00. The number of thioether (sulfide) groups is 1. The minimum atomic E-state index is -0.511. The van der Waals surface area contributed by atoms with Gasteiger partial charge in [0, 0.05) is 6.04 Å². The van der Waals surface area contributed by atoms with Gasteiger partial charge in [0.15, 0.2) is 0 Å². The molecule has 0 amide bonds. The van der Waals surface area contributed by atoms with Gasteiger partial charge in [-0.15, -0.1) is 11.8 Å². The summed E-state index contributed by atoms with van der Waals surface area (Å²) in [6, 6.07) is 2.62. The van der Waals surface area contributed by atoms with Gasteiger partial charge in [0.1, 0.15) is 11.6 Å². The fourth-order valence-corrected chi connectivity index (χ4v) is 1.84. The first kappa shape index (κ1) is 11.5. The second-order valence-corrected chi connectivity index (χ2v) is 4.05. The normalized spacial score (nSPS) is 12.9.